The van der Waals surface area contributed by atoms with Crippen LogP contribution in [-0.2, 0) is 6.54 Å². The van der Waals surface area contributed by atoms with Crippen molar-refractivity contribution in [3.8, 4) is 28.2 Å². The number of methoxy groups -OCH3 is 1. The van der Waals surface area contributed by atoms with Crippen LogP contribution in [0.4, 0.5) is 0 Å². The van der Waals surface area contributed by atoms with Crippen LogP contribution >= 0.6 is 22.9 Å². The molecule has 4 rings (SSSR count). The molecule has 0 atom stereocenters. The normalized spacial score (nSPS) is 11.1. The van der Waals surface area contributed by atoms with Gasteiger partial charge in [-0.05, 0) is 24.6 Å². The molecule has 0 aromatic carbocycles. The highest BCUT2D eigenvalue weighted by Crippen LogP contribution is 2.33. The molecule has 2 N–H and O–H groups in total. The molecule has 27 heavy (non-hydrogen) atoms. The van der Waals surface area contributed by atoms with Crippen LogP contribution in [0.25, 0.3) is 17.0 Å². The molecular weight excluding hydrogens is 386 g/mol. The second kappa shape index (κ2) is 7.15. The van der Waals surface area contributed by atoms with E-state index in [1.807, 2.05) is 29.0 Å². The van der Waals surface area contributed by atoms with Crippen LogP contribution in [0.5, 0.6) is 16.8 Å². The van der Waals surface area contributed by atoms with E-state index in [1.165, 1.54) is 11.3 Å². The number of nitrogens with two attached hydrogens (primary N) is 1. The number of pyridine rings is 2. The van der Waals surface area contributed by atoms with Gasteiger partial charge in [0.05, 0.1) is 29.7 Å². The van der Waals surface area contributed by atoms with Crippen molar-refractivity contribution in [3.63, 3.8) is 0 Å². The van der Waals surface area contributed by atoms with E-state index in [2.05, 4.69) is 15.0 Å². The number of aryl methyl sites for hydroxylation is 1. The number of imidazole rings is 1. The van der Waals surface area contributed by atoms with Gasteiger partial charge in [-0.1, -0.05) is 22.9 Å². The summed E-state index contributed by atoms with van der Waals surface area (Å²) in [5, 5.41) is 2.99. The molecule has 4 aromatic rings. The number of halogens is 1. The third-order valence-electron chi connectivity index (χ3n) is 3.99. The van der Waals surface area contributed by atoms with Gasteiger partial charge in [0.25, 0.3) is 5.19 Å². The number of nitrogens with zero attached hydrogens (tertiary/aromatic N) is 4. The number of thiazole rings is 1. The molecule has 0 radical (unpaired) electrons. The molecule has 0 aliphatic rings. The second-order valence-electron chi connectivity index (χ2n) is 5.78. The predicted molar refractivity (Wildman–Crippen MR) is 105 cm³/mol. The Labute approximate surface area is 164 Å². The van der Waals surface area contributed by atoms with E-state index in [0.717, 1.165) is 22.6 Å². The molecule has 0 amide bonds. The zero-order chi connectivity index (χ0) is 19.0. The van der Waals surface area contributed by atoms with Crippen LogP contribution < -0.4 is 15.2 Å². The first-order valence-corrected chi connectivity index (χ1v) is 9.35. The fraction of sp³-hybridized carbons (Fsp3) is 0.167. The van der Waals surface area contributed by atoms with Gasteiger partial charge in [-0.3, -0.25) is 4.40 Å². The molecule has 0 spiro atoms. The molecule has 0 aliphatic heterocycles. The molecule has 0 unspecified atom stereocenters. The maximum absolute atomic E-state index is 6.35. The van der Waals surface area contributed by atoms with Crippen LogP contribution in [0.1, 0.15) is 11.3 Å². The number of aromatic nitrogens is 4. The molecule has 0 saturated heterocycles. The minimum absolute atomic E-state index is 0.391. The third kappa shape index (κ3) is 3.34. The fourth-order valence-electron chi connectivity index (χ4n) is 2.75. The highest BCUT2D eigenvalue weighted by Gasteiger charge is 2.17. The van der Waals surface area contributed by atoms with Gasteiger partial charge < -0.3 is 15.2 Å². The Morgan fingerprint density at radius 2 is 2.15 bits per heavy atom. The highest BCUT2D eigenvalue weighted by atomic mass is 35.5. The van der Waals surface area contributed by atoms with Crippen molar-refractivity contribution in [2.75, 3.05) is 7.11 Å². The van der Waals surface area contributed by atoms with Crippen molar-refractivity contribution in [1.29, 1.82) is 0 Å². The molecule has 0 bridgehead atoms. The summed E-state index contributed by atoms with van der Waals surface area (Å²) in [5.41, 5.74) is 9.82. The number of ether oxygens (including phenoxy) is 2. The third-order valence-corrected chi connectivity index (χ3v) is 4.99. The quantitative estimate of drug-likeness (QED) is 0.542. The van der Waals surface area contributed by atoms with Crippen molar-refractivity contribution in [1.82, 2.24) is 19.4 Å². The van der Waals surface area contributed by atoms with Gasteiger partial charge in [-0.25, -0.2) is 15.0 Å². The zero-order valence-electron chi connectivity index (χ0n) is 14.6. The molecular formula is C18H16ClN5O2S. The zero-order valence-corrected chi connectivity index (χ0v) is 16.2. The van der Waals surface area contributed by atoms with Gasteiger partial charge in [0, 0.05) is 24.2 Å². The van der Waals surface area contributed by atoms with Crippen molar-refractivity contribution >= 4 is 28.6 Å². The lowest BCUT2D eigenvalue weighted by atomic mass is 10.2. The fourth-order valence-corrected chi connectivity index (χ4v) is 3.70. The first-order chi connectivity index (χ1) is 13.1. The molecule has 9 heteroatoms. The van der Waals surface area contributed by atoms with Crippen LogP contribution in [-0.4, -0.2) is 26.5 Å². The summed E-state index contributed by atoms with van der Waals surface area (Å²) >= 11 is 7.75. The van der Waals surface area contributed by atoms with Gasteiger partial charge in [0.15, 0.2) is 5.65 Å². The Balaban J connectivity index is 1.70. The van der Waals surface area contributed by atoms with Crippen LogP contribution in [0.3, 0.4) is 0 Å². The smallest absolute Gasteiger partial charge is 0.279 e. The second-order valence-corrected chi connectivity index (χ2v) is 7.00. The molecule has 4 aromatic heterocycles. The summed E-state index contributed by atoms with van der Waals surface area (Å²) in [6, 6.07) is 5.34. The van der Waals surface area contributed by atoms with E-state index in [0.29, 0.717) is 34.0 Å². The van der Waals surface area contributed by atoms with Crippen LogP contribution in [0, 0.1) is 6.92 Å². The van der Waals surface area contributed by atoms with Crippen molar-refractivity contribution in [2.24, 2.45) is 5.73 Å². The van der Waals surface area contributed by atoms with Crippen LogP contribution in [0.2, 0.25) is 5.02 Å². The maximum atomic E-state index is 6.35. The highest BCUT2D eigenvalue weighted by molar-refractivity contribution is 7.11. The van der Waals surface area contributed by atoms with E-state index < -0.39 is 0 Å². The molecule has 0 fully saturated rings. The summed E-state index contributed by atoms with van der Waals surface area (Å²) in [6.45, 7) is 2.32. The average molecular weight is 402 g/mol. The van der Waals surface area contributed by atoms with Gasteiger partial charge in [0.1, 0.15) is 11.4 Å². The van der Waals surface area contributed by atoms with Gasteiger partial charge in [-0.2, -0.15) is 0 Å². The number of hydrogen-bond donors (Lipinski definition) is 1. The summed E-state index contributed by atoms with van der Waals surface area (Å²) in [5.74, 6) is 1.11. The molecule has 4 heterocycles. The Kier molecular flexibility index (Phi) is 4.69. The molecule has 138 valence electrons. The Hall–Kier alpha value is -2.68. The summed E-state index contributed by atoms with van der Waals surface area (Å²) in [7, 11) is 1.57. The standard InChI is InChI=1S/C18H16ClN5O2S/c1-10-16(24-8-11(6-20)5-13(19)17(24)22-10)14-9-27-18(23-14)26-12-3-4-15(25-2)21-7-12/h3-5,7-9H,6,20H2,1-2H3. The molecule has 0 aliphatic carbocycles. The first-order valence-electron chi connectivity index (χ1n) is 8.10. The Bertz CT molecular complexity index is 1110. The lowest BCUT2D eigenvalue weighted by molar-refractivity contribution is 0.394. The number of rotatable bonds is 5. The number of fused-ring (bicyclic) bond motifs is 1. The summed E-state index contributed by atoms with van der Waals surface area (Å²) in [6.07, 6.45) is 3.52. The van der Waals surface area contributed by atoms with Crippen molar-refractivity contribution < 1.29 is 9.47 Å². The monoisotopic (exact) mass is 401 g/mol. The number of hydrogen-bond acceptors (Lipinski definition) is 7. The van der Waals surface area contributed by atoms with Crippen LogP contribution in [0.15, 0.2) is 36.0 Å². The van der Waals surface area contributed by atoms with Gasteiger partial charge in [-0.15, -0.1) is 0 Å². The topological polar surface area (TPSA) is 87.6 Å². The first kappa shape index (κ1) is 17.7. The molecule has 7 nitrogen and oxygen atoms in total. The Morgan fingerprint density at radius 3 is 2.85 bits per heavy atom. The maximum Gasteiger partial charge on any atom is 0.279 e. The minimum atomic E-state index is 0.391. The van der Waals surface area contributed by atoms with E-state index in [9.17, 15) is 0 Å². The SMILES string of the molecule is COc1ccc(Oc2nc(-c3c(C)nc4c(Cl)cc(CN)cn34)cs2)cn1. The van der Waals surface area contributed by atoms with E-state index in [1.54, 1.807) is 25.4 Å². The lowest BCUT2D eigenvalue weighted by Crippen LogP contribution is -2.00. The van der Waals surface area contributed by atoms with Gasteiger partial charge in [0.2, 0.25) is 5.88 Å². The Morgan fingerprint density at radius 1 is 1.30 bits per heavy atom. The molecule has 0 saturated carbocycles. The van der Waals surface area contributed by atoms with E-state index in [-0.39, 0.29) is 0 Å². The summed E-state index contributed by atoms with van der Waals surface area (Å²) in [4.78, 5) is 13.3. The summed E-state index contributed by atoms with van der Waals surface area (Å²) < 4.78 is 12.8. The largest absolute Gasteiger partial charge is 0.481 e. The van der Waals surface area contributed by atoms with E-state index in [4.69, 9.17) is 26.8 Å². The minimum Gasteiger partial charge on any atom is -0.481 e. The van der Waals surface area contributed by atoms with Crippen molar-refractivity contribution in [2.45, 2.75) is 13.5 Å². The lowest BCUT2D eigenvalue weighted by Gasteiger charge is -2.04. The van der Waals surface area contributed by atoms with Gasteiger partial charge >= 0.3 is 0 Å². The average Bonchev–Trinajstić information content (AvgIpc) is 3.25. The van der Waals surface area contributed by atoms with E-state index >= 15 is 0 Å². The predicted octanol–water partition coefficient (Wildman–Crippen LogP) is 4.07. The van der Waals surface area contributed by atoms with Crippen molar-refractivity contribution in [3.05, 3.63) is 52.3 Å².